The second-order valence-electron chi connectivity index (χ2n) is 4.59. The lowest BCUT2D eigenvalue weighted by Gasteiger charge is -2.24. The van der Waals surface area contributed by atoms with Gasteiger partial charge in [0.15, 0.2) is 0 Å². The van der Waals surface area contributed by atoms with Gasteiger partial charge in [0.25, 0.3) is 0 Å². The Morgan fingerprint density at radius 1 is 1.35 bits per heavy atom. The standard InChI is InChI=1S/C11H21F3N2O/c1-3-15-10-8-17-7-9(10)6-16(2)5-4-11(12,13)14/h9-10,15H,3-8H2,1-2H3. The molecular formula is C11H21F3N2O. The van der Waals surface area contributed by atoms with E-state index in [1.807, 2.05) is 6.92 Å². The van der Waals surface area contributed by atoms with Crippen molar-refractivity contribution in [2.24, 2.45) is 5.92 Å². The molecule has 0 aromatic rings. The second kappa shape index (κ2) is 6.56. The van der Waals surface area contributed by atoms with Crippen LogP contribution in [0.4, 0.5) is 13.2 Å². The Labute approximate surface area is 100 Å². The lowest BCUT2D eigenvalue weighted by atomic mass is 10.0. The first-order chi connectivity index (χ1) is 7.92. The van der Waals surface area contributed by atoms with Crippen LogP contribution in [0.5, 0.6) is 0 Å². The number of halogens is 3. The smallest absolute Gasteiger partial charge is 0.379 e. The van der Waals surface area contributed by atoms with Gasteiger partial charge in [0.2, 0.25) is 0 Å². The van der Waals surface area contributed by atoms with E-state index in [0.717, 1.165) is 6.54 Å². The number of alkyl halides is 3. The second-order valence-corrected chi connectivity index (χ2v) is 4.59. The molecule has 1 rings (SSSR count). The summed E-state index contributed by atoms with van der Waals surface area (Å²) in [5.74, 6) is 0.285. The summed E-state index contributed by atoms with van der Waals surface area (Å²) in [7, 11) is 1.73. The number of nitrogens with zero attached hydrogens (tertiary/aromatic N) is 1. The summed E-state index contributed by atoms with van der Waals surface area (Å²) in [5.41, 5.74) is 0. The highest BCUT2D eigenvalue weighted by Gasteiger charge is 2.30. The molecule has 1 fully saturated rings. The zero-order chi connectivity index (χ0) is 12.9. The third-order valence-electron chi connectivity index (χ3n) is 2.99. The predicted molar refractivity (Wildman–Crippen MR) is 59.9 cm³/mol. The minimum atomic E-state index is -4.07. The number of likely N-dealkylation sites (N-methyl/N-ethyl adjacent to an activating group) is 1. The maximum Gasteiger partial charge on any atom is 0.390 e. The Bertz CT molecular complexity index is 223. The molecule has 0 bridgehead atoms. The summed E-state index contributed by atoms with van der Waals surface area (Å²) in [6.07, 6.45) is -4.82. The first kappa shape index (κ1) is 14.7. The Kier molecular flexibility index (Phi) is 5.69. The van der Waals surface area contributed by atoms with E-state index in [2.05, 4.69) is 5.32 Å². The van der Waals surface area contributed by atoms with Crippen LogP contribution in [0.2, 0.25) is 0 Å². The van der Waals surface area contributed by atoms with Crippen LogP contribution in [0.1, 0.15) is 13.3 Å². The van der Waals surface area contributed by atoms with Crippen molar-refractivity contribution in [1.29, 1.82) is 0 Å². The molecule has 0 spiro atoms. The molecule has 6 heteroatoms. The minimum Gasteiger partial charge on any atom is -0.379 e. The van der Waals surface area contributed by atoms with E-state index in [0.29, 0.717) is 19.8 Å². The molecule has 2 atom stereocenters. The Hall–Kier alpha value is -0.330. The molecule has 1 saturated heterocycles. The van der Waals surface area contributed by atoms with Gasteiger partial charge < -0.3 is 15.0 Å². The van der Waals surface area contributed by atoms with Gasteiger partial charge in [0, 0.05) is 25.0 Å². The number of ether oxygens (including phenoxy) is 1. The van der Waals surface area contributed by atoms with Gasteiger partial charge in [-0.2, -0.15) is 13.2 Å². The van der Waals surface area contributed by atoms with Crippen molar-refractivity contribution in [3.63, 3.8) is 0 Å². The summed E-state index contributed by atoms with van der Waals surface area (Å²) >= 11 is 0. The lowest BCUT2D eigenvalue weighted by molar-refractivity contribution is -0.137. The summed E-state index contributed by atoms with van der Waals surface area (Å²) < 4.78 is 41.5. The van der Waals surface area contributed by atoms with Crippen molar-refractivity contribution in [3.8, 4) is 0 Å². The quantitative estimate of drug-likeness (QED) is 0.777. The summed E-state index contributed by atoms with van der Waals surface area (Å²) in [6.45, 7) is 4.87. The minimum absolute atomic E-state index is 0.0544. The van der Waals surface area contributed by atoms with Gasteiger partial charge in [-0.15, -0.1) is 0 Å². The Balaban J connectivity index is 2.27. The molecule has 0 aromatic carbocycles. The normalized spacial score (nSPS) is 25.8. The van der Waals surface area contributed by atoms with Crippen molar-refractivity contribution in [1.82, 2.24) is 10.2 Å². The third kappa shape index (κ3) is 5.70. The van der Waals surface area contributed by atoms with E-state index in [1.165, 1.54) is 0 Å². The molecule has 0 saturated carbocycles. The van der Waals surface area contributed by atoms with Crippen molar-refractivity contribution in [2.75, 3.05) is 39.9 Å². The Morgan fingerprint density at radius 3 is 2.65 bits per heavy atom. The molecule has 2 unspecified atom stereocenters. The molecule has 1 aliphatic heterocycles. The molecule has 0 amide bonds. The van der Waals surface area contributed by atoms with Gasteiger partial charge >= 0.3 is 6.18 Å². The highest BCUT2D eigenvalue weighted by atomic mass is 19.4. The van der Waals surface area contributed by atoms with E-state index >= 15 is 0 Å². The van der Waals surface area contributed by atoms with Gasteiger partial charge in [-0.25, -0.2) is 0 Å². The molecule has 1 N–H and O–H groups in total. The third-order valence-corrected chi connectivity index (χ3v) is 2.99. The van der Waals surface area contributed by atoms with Gasteiger partial charge in [-0.05, 0) is 13.6 Å². The van der Waals surface area contributed by atoms with Gasteiger partial charge in [-0.1, -0.05) is 6.92 Å². The van der Waals surface area contributed by atoms with Crippen LogP contribution >= 0.6 is 0 Å². The lowest BCUT2D eigenvalue weighted by Crippen LogP contribution is -2.41. The van der Waals surface area contributed by atoms with Gasteiger partial charge in [0.05, 0.1) is 19.6 Å². The number of nitrogens with one attached hydrogen (secondary N) is 1. The van der Waals surface area contributed by atoms with Crippen LogP contribution in [0, 0.1) is 5.92 Å². The SMILES string of the molecule is CCNC1COCC1CN(C)CCC(F)(F)F. The molecule has 0 radical (unpaired) electrons. The summed E-state index contributed by atoms with van der Waals surface area (Å²) in [5, 5.41) is 3.30. The van der Waals surface area contributed by atoms with E-state index in [1.54, 1.807) is 11.9 Å². The van der Waals surface area contributed by atoms with Gasteiger partial charge in [-0.3, -0.25) is 0 Å². The first-order valence-corrected chi connectivity index (χ1v) is 5.98. The van der Waals surface area contributed by atoms with Crippen molar-refractivity contribution in [3.05, 3.63) is 0 Å². The number of rotatable bonds is 6. The molecule has 102 valence electrons. The highest BCUT2D eigenvalue weighted by molar-refractivity contribution is 4.82. The zero-order valence-corrected chi connectivity index (χ0v) is 10.4. The average molecular weight is 254 g/mol. The molecule has 3 nitrogen and oxygen atoms in total. The summed E-state index contributed by atoms with van der Waals surface area (Å²) in [6, 6.07) is 0.272. The maximum absolute atomic E-state index is 12.1. The molecular weight excluding hydrogens is 233 g/mol. The number of hydrogen-bond donors (Lipinski definition) is 1. The fourth-order valence-corrected chi connectivity index (χ4v) is 2.08. The van der Waals surface area contributed by atoms with Gasteiger partial charge in [0.1, 0.15) is 0 Å². The van der Waals surface area contributed by atoms with E-state index in [4.69, 9.17) is 4.74 Å². The average Bonchev–Trinajstić information content (AvgIpc) is 2.63. The van der Waals surface area contributed by atoms with Crippen LogP contribution in [0.15, 0.2) is 0 Å². The summed E-state index contributed by atoms with van der Waals surface area (Å²) in [4.78, 5) is 1.73. The monoisotopic (exact) mass is 254 g/mol. The largest absolute Gasteiger partial charge is 0.390 e. The molecule has 0 aliphatic carbocycles. The molecule has 0 aromatic heterocycles. The molecule has 1 heterocycles. The van der Waals surface area contributed by atoms with E-state index in [9.17, 15) is 13.2 Å². The topological polar surface area (TPSA) is 24.5 Å². The van der Waals surface area contributed by atoms with Crippen LogP contribution in [-0.4, -0.2) is 57.0 Å². The fourth-order valence-electron chi connectivity index (χ4n) is 2.08. The maximum atomic E-state index is 12.1. The van der Waals surface area contributed by atoms with Crippen LogP contribution < -0.4 is 5.32 Å². The molecule has 1 aliphatic rings. The van der Waals surface area contributed by atoms with E-state index in [-0.39, 0.29) is 18.5 Å². The zero-order valence-electron chi connectivity index (χ0n) is 10.4. The highest BCUT2D eigenvalue weighted by Crippen LogP contribution is 2.20. The van der Waals surface area contributed by atoms with Crippen LogP contribution in [0.3, 0.4) is 0 Å². The van der Waals surface area contributed by atoms with Crippen LogP contribution in [0.25, 0.3) is 0 Å². The fraction of sp³-hybridized carbons (Fsp3) is 1.00. The van der Waals surface area contributed by atoms with Crippen molar-refractivity contribution in [2.45, 2.75) is 25.6 Å². The van der Waals surface area contributed by atoms with Crippen molar-refractivity contribution >= 4 is 0 Å². The van der Waals surface area contributed by atoms with Crippen molar-refractivity contribution < 1.29 is 17.9 Å². The Morgan fingerprint density at radius 2 is 2.06 bits per heavy atom. The number of hydrogen-bond acceptors (Lipinski definition) is 3. The predicted octanol–water partition coefficient (Wildman–Crippen LogP) is 1.50. The first-order valence-electron chi connectivity index (χ1n) is 5.98. The van der Waals surface area contributed by atoms with E-state index < -0.39 is 12.6 Å². The van der Waals surface area contributed by atoms with Crippen LogP contribution in [-0.2, 0) is 4.74 Å². The molecule has 17 heavy (non-hydrogen) atoms.